The van der Waals surface area contributed by atoms with Gasteiger partial charge in [-0.05, 0) is 13.3 Å². The Bertz CT molecular complexity index is 363. The van der Waals surface area contributed by atoms with Crippen LogP contribution in [0.3, 0.4) is 0 Å². The van der Waals surface area contributed by atoms with Crippen molar-refractivity contribution in [1.82, 2.24) is 25.5 Å². The largest absolute Gasteiger partial charge is 0.382 e. The van der Waals surface area contributed by atoms with E-state index in [1.54, 1.807) is 11.0 Å². The first-order chi connectivity index (χ1) is 8.76. The fraction of sp³-hybridized carbons (Fsp3) is 0.700. The zero-order valence-corrected chi connectivity index (χ0v) is 10.9. The van der Waals surface area contributed by atoms with E-state index in [2.05, 4.69) is 25.8 Å². The molecule has 8 heteroatoms. The summed E-state index contributed by atoms with van der Waals surface area (Å²) in [5.41, 5.74) is 2.51. The third-order valence-corrected chi connectivity index (χ3v) is 2.12. The number of aliphatic imine (C=N–C) groups is 1. The average Bonchev–Trinajstić information content (AvgIpc) is 2.78. The minimum Gasteiger partial charge on any atom is -0.382 e. The van der Waals surface area contributed by atoms with Crippen LogP contribution in [0, 0.1) is 0 Å². The van der Waals surface area contributed by atoms with Gasteiger partial charge in [0, 0.05) is 26.8 Å². The highest BCUT2D eigenvalue weighted by molar-refractivity contribution is 5.79. The second-order valence-corrected chi connectivity index (χ2v) is 3.62. The molecule has 18 heavy (non-hydrogen) atoms. The number of nitrogens with two attached hydrogens (primary N) is 1. The summed E-state index contributed by atoms with van der Waals surface area (Å²) in [7, 11) is 1.81. The third-order valence-electron chi connectivity index (χ3n) is 2.12. The smallest absolute Gasteiger partial charge is 0.206 e. The molecule has 0 aliphatic heterocycles. The van der Waals surface area contributed by atoms with Gasteiger partial charge < -0.3 is 10.1 Å². The highest BCUT2D eigenvalue weighted by Gasteiger charge is 1.99. The Kier molecular flexibility index (Phi) is 6.74. The molecule has 0 radical (unpaired) electrons. The SMILES string of the molecule is CCOCCCNC(=NCc1ncn(C)n1)NN. The summed E-state index contributed by atoms with van der Waals surface area (Å²) in [5.74, 6) is 6.54. The fourth-order valence-electron chi connectivity index (χ4n) is 1.28. The van der Waals surface area contributed by atoms with Crippen LogP contribution in [0.2, 0.25) is 0 Å². The topological polar surface area (TPSA) is 102 Å². The van der Waals surface area contributed by atoms with Gasteiger partial charge in [-0.15, -0.1) is 0 Å². The van der Waals surface area contributed by atoms with Crippen LogP contribution < -0.4 is 16.6 Å². The zero-order valence-electron chi connectivity index (χ0n) is 10.9. The lowest BCUT2D eigenvalue weighted by molar-refractivity contribution is 0.145. The highest BCUT2D eigenvalue weighted by Crippen LogP contribution is 1.90. The maximum atomic E-state index is 5.36. The number of aromatic nitrogens is 3. The van der Waals surface area contributed by atoms with Gasteiger partial charge in [0.2, 0.25) is 5.96 Å². The molecule has 1 rings (SSSR count). The van der Waals surface area contributed by atoms with Gasteiger partial charge in [-0.1, -0.05) is 0 Å². The molecule has 0 atom stereocenters. The normalized spacial score (nSPS) is 11.6. The molecule has 0 aliphatic rings. The zero-order chi connectivity index (χ0) is 13.2. The van der Waals surface area contributed by atoms with Crippen LogP contribution in [0.5, 0.6) is 0 Å². The van der Waals surface area contributed by atoms with Crippen molar-refractivity contribution in [1.29, 1.82) is 0 Å². The monoisotopic (exact) mass is 255 g/mol. The number of hydrazine groups is 1. The number of hydrogen-bond donors (Lipinski definition) is 3. The predicted octanol–water partition coefficient (Wildman–Crippen LogP) is -0.849. The van der Waals surface area contributed by atoms with Gasteiger partial charge in [0.1, 0.15) is 12.9 Å². The second-order valence-electron chi connectivity index (χ2n) is 3.62. The summed E-state index contributed by atoms with van der Waals surface area (Å²) in [6.07, 6.45) is 2.53. The minimum atomic E-state index is 0.388. The van der Waals surface area contributed by atoms with Crippen molar-refractivity contribution in [2.45, 2.75) is 19.9 Å². The van der Waals surface area contributed by atoms with Gasteiger partial charge in [0.25, 0.3) is 0 Å². The maximum absolute atomic E-state index is 5.36. The summed E-state index contributed by atoms with van der Waals surface area (Å²) in [6.45, 7) is 4.57. The lowest BCUT2D eigenvalue weighted by Crippen LogP contribution is -2.42. The Balaban J connectivity index is 2.27. The van der Waals surface area contributed by atoms with Gasteiger partial charge in [-0.3, -0.25) is 10.1 Å². The van der Waals surface area contributed by atoms with Crippen LogP contribution >= 0.6 is 0 Å². The Labute approximate surface area is 107 Å². The van der Waals surface area contributed by atoms with E-state index in [0.717, 1.165) is 26.2 Å². The van der Waals surface area contributed by atoms with E-state index in [-0.39, 0.29) is 0 Å². The van der Waals surface area contributed by atoms with Crippen LogP contribution in [-0.2, 0) is 18.3 Å². The summed E-state index contributed by atoms with van der Waals surface area (Å²) < 4.78 is 6.86. The molecule has 0 aliphatic carbocycles. The average molecular weight is 255 g/mol. The summed E-state index contributed by atoms with van der Waals surface area (Å²) in [5, 5.41) is 7.20. The summed E-state index contributed by atoms with van der Waals surface area (Å²) >= 11 is 0. The molecule has 0 unspecified atom stereocenters. The molecule has 0 amide bonds. The Hall–Kier alpha value is -1.67. The van der Waals surface area contributed by atoms with Crippen LogP contribution in [0.4, 0.5) is 0 Å². The predicted molar refractivity (Wildman–Crippen MR) is 68.6 cm³/mol. The molecule has 0 saturated carbocycles. The third kappa shape index (κ3) is 5.60. The van der Waals surface area contributed by atoms with Crippen molar-refractivity contribution in [3.8, 4) is 0 Å². The van der Waals surface area contributed by atoms with E-state index in [0.29, 0.717) is 18.3 Å². The van der Waals surface area contributed by atoms with Crippen LogP contribution in [0.25, 0.3) is 0 Å². The van der Waals surface area contributed by atoms with Gasteiger partial charge in [-0.25, -0.2) is 15.8 Å². The van der Waals surface area contributed by atoms with Crippen LogP contribution in [-0.4, -0.2) is 40.5 Å². The van der Waals surface area contributed by atoms with Crippen molar-refractivity contribution in [2.75, 3.05) is 19.8 Å². The molecule has 1 aromatic rings. The molecule has 0 saturated heterocycles. The molecule has 4 N–H and O–H groups in total. The number of ether oxygens (including phenoxy) is 1. The lowest BCUT2D eigenvalue weighted by atomic mass is 10.4. The summed E-state index contributed by atoms with van der Waals surface area (Å²) in [6, 6.07) is 0. The van der Waals surface area contributed by atoms with E-state index < -0.39 is 0 Å². The molecule has 0 bridgehead atoms. The van der Waals surface area contributed by atoms with Gasteiger partial charge >= 0.3 is 0 Å². The van der Waals surface area contributed by atoms with E-state index >= 15 is 0 Å². The van der Waals surface area contributed by atoms with Crippen molar-refractivity contribution in [3.63, 3.8) is 0 Å². The first-order valence-electron chi connectivity index (χ1n) is 5.93. The number of rotatable bonds is 7. The van der Waals surface area contributed by atoms with Crippen molar-refractivity contribution >= 4 is 5.96 Å². The van der Waals surface area contributed by atoms with Crippen LogP contribution in [0.1, 0.15) is 19.2 Å². The van der Waals surface area contributed by atoms with E-state index in [1.807, 2.05) is 14.0 Å². The molecule has 8 nitrogen and oxygen atoms in total. The first kappa shape index (κ1) is 14.4. The van der Waals surface area contributed by atoms with Gasteiger partial charge in [-0.2, -0.15) is 5.10 Å². The van der Waals surface area contributed by atoms with E-state index in [9.17, 15) is 0 Å². The quantitative estimate of drug-likeness (QED) is 0.193. The number of nitrogens with one attached hydrogen (secondary N) is 2. The molecule has 102 valence electrons. The Morgan fingerprint density at radius 3 is 3.06 bits per heavy atom. The first-order valence-corrected chi connectivity index (χ1v) is 5.93. The standard InChI is InChI=1S/C10H21N7O/c1-3-18-6-4-5-12-10(15-11)13-7-9-14-8-17(2)16-9/h8H,3-7,11H2,1-2H3,(H2,12,13,15). The molecular formula is C10H21N7O. The molecule has 0 aromatic carbocycles. The fourth-order valence-corrected chi connectivity index (χ4v) is 1.28. The molecule has 0 spiro atoms. The number of guanidine groups is 1. The Morgan fingerprint density at radius 2 is 2.44 bits per heavy atom. The highest BCUT2D eigenvalue weighted by atomic mass is 16.5. The number of hydrogen-bond acceptors (Lipinski definition) is 5. The Morgan fingerprint density at radius 1 is 1.61 bits per heavy atom. The molecule has 1 aromatic heterocycles. The number of nitrogens with zero attached hydrogens (tertiary/aromatic N) is 4. The van der Waals surface area contributed by atoms with E-state index in [1.165, 1.54) is 0 Å². The lowest BCUT2D eigenvalue weighted by Gasteiger charge is -2.08. The minimum absolute atomic E-state index is 0.388. The summed E-state index contributed by atoms with van der Waals surface area (Å²) in [4.78, 5) is 8.31. The van der Waals surface area contributed by atoms with Gasteiger partial charge in [0.05, 0.1) is 0 Å². The second kappa shape index (κ2) is 8.43. The van der Waals surface area contributed by atoms with Gasteiger partial charge in [0.15, 0.2) is 5.82 Å². The van der Waals surface area contributed by atoms with Crippen molar-refractivity contribution in [2.24, 2.45) is 17.9 Å². The molecule has 0 fully saturated rings. The van der Waals surface area contributed by atoms with Crippen molar-refractivity contribution in [3.05, 3.63) is 12.2 Å². The van der Waals surface area contributed by atoms with Crippen molar-refractivity contribution < 1.29 is 4.74 Å². The number of aryl methyl sites for hydroxylation is 1. The molecular weight excluding hydrogens is 234 g/mol. The van der Waals surface area contributed by atoms with Crippen LogP contribution in [0.15, 0.2) is 11.3 Å². The molecule has 1 heterocycles. The maximum Gasteiger partial charge on any atom is 0.206 e. The van der Waals surface area contributed by atoms with E-state index in [4.69, 9.17) is 10.6 Å².